The molecule has 2 aromatic carbocycles. The Kier molecular flexibility index (Phi) is 6.91. The molecule has 3 heterocycles. The number of rotatable bonds is 7. The van der Waals surface area contributed by atoms with E-state index in [0.29, 0.717) is 23.6 Å². The quantitative estimate of drug-likeness (QED) is 0.337. The SMILES string of the molecule is COc1cccc(C(=O)N(CC(=O)N2CCc3sccc3C2c2ccccc2C)Cc2ccco2)c1. The number of benzene rings is 2. The molecule has 36 heavy (non-hydrogen) atoms. The highest BCUT2D eigenvalue weighted by Crippen LogP contribution is 2.39. The predicted molar refractivity (Wildman–Crippen MR) is 139 cm³/mol. The molecule has 0 saturated heterocycles. The lowest BCUT2D eigenvalue weighted by molar-refractivity contribution is -0.134. The summed E-state index contributed by atoms with van der Waals surface area (Å²) in [7, 11) is 1.56. The fraction of sp³-hybridized carbons (Fsp3) is 0.241. The van der Waals surface area contributed by atoms with E-state index in [1.165, 1.54) is 10.4 Å². The third-order valence-electron chi connectivity index (χ3n) is 6.63. The number of carbonyl (C=O) groups excluding carboxylic acids is 2. The normalized spacial score (nSPS) is 14.8. The number of carbonyl (C=O) groups is 2. The largest absolute Gasteiger partial charge is 0.497 e. The molecule has 1 aliphatic rings. The van der Waals surface area contributed by atoms with Crippen molar-refractivity contribution in [2.45, 2.75) is 25.9 Å². The van der Waals surface area contributed by atoms with Gasteiger partial charge in [-0.05, 0) is 71.8 Å². The first-order valence-corrected chi connectivity index (χ1v) is 12.8. The van der Waals surface area contributed by atoms with Crippen LogP contribution in [0.15, 0.2) is 82.8 Å². The lowest BCUT2D eigenvalue weighted by atomic mass is 9.90. The summed E-state index contributed by atoms with van der Waals surface area (Å²) in [5.74, 6) is 0.862. The predicted octanol–water partition coefficient (Wildman–Crippen LogP) is 5.47. The van der Waals surface area contributed by atoms with Crippen molar-refractivity contribution in [3.8, 4) is 5.75 Å². The van der Waals surface area contributed by atoms with Crippen LogP contribution in [0.1, 0.15) is 43.7 Å². The standard InChI is InChI=1S/C29H28N2O4S/c1-20-7-3-4-11-24(20)28-25-13-16-36-26(25)12-14-31(28)27(32)19-30(18-23-10-6-15-35-23)29(33)21-8-5-9-22(17-21)34-2/h3-11,13,15-17,28H,12,14,18-19H2,1-2H3. The van der Waals surface area contributed by atoms with E-state index in [1.807, 2.05) is 23.1 Å². The molecule has 1 aliphatic heterocycles. The Balaban J connectivity index is 1.46. The van der Waals surface area contributed by atoms with E-state index in [1.54, 1.807) is 59.9 Å². The number of aryl methyl sites for hydroxylation is 1. The third-order valence-corrected chi connectivity index (χ3v) is 7.62. The van der Waals surface area contributed by atoms with Gasteiger partial charge in [0.15, 0.2) is 0 Å². The van der Waals surface area contributed by atoms with E-state index in [0.717, 1.165) is 17.5 Å². The van der Waals surface area contributed by atoms with Crippen molar-refractivity contribution >= 4 is 23.2 Å². The summed E-state index contributed by atoms with van der Waals surface area (Å²) >= 11 is 1.74. The molecule has 2 aromatic heterocycles. The molecule has 0 saturated carbocycles. The first-order chi connectivity index (χ1) is 17.5. The minimum atomic E-state index is -0.251. The van der Waals surface area contributed by atoms with Crippen molar-refractivity contribution in [1.29, 1.82) is 0 Å². The molecule has 0 spiro atoms. The monoisotopic (exact) mass is 500 g/mol. The zero-order valence-corrected chi connectivity index (χ0v) is 21.2. The van der Waals surface area contributed by atoms with Gasteiger partial charge in [0.2, 0.25) is 5.91 Å². The number of ether oxygens (including phenoxy) is 1. The number of fused-ring (bicyclic) bond motifs is 1. The van der Waals surface area contributed by atoms with Crippen LogP contribution in [-0.2, 0) is 17.8 Å². The maximum Gasteiger partial charge on any atom is 0.254 e. The Bertz CT molecular complexity index is 1360. The second-order valence-corrected chi connectivity index (χ2v) is 9.87. The molecule has 1 unspecified atom stereocenters. The van der Waals surface area contributed by atoms with Gasteiger partial charge in [0.25, 0.3) is 5.91 Å². The summed E-state index contributed by atoms with van der Waals surface area (Å²) in [6, 6.07) is 20.7. The van der Waals surface area contributed by atoms with Crippen LogP contribution in [0.2, 0.25) is 0 Å². The van der Waals surface area contributed by atoms with Crippen molar-refractivity contribution in [2.24, 2.45) is 0 Å². The van der Waals surface area contributed by atoms with Gasteiger partial charge < -0.3 is 19.0 Å². The fourth-order valence-electron chi connectivity index (χ4n) is 4.80. The second kappa shape index (κ2) is 10.4. The summed E-state index contributed by atoms with van der Waals surface area (Å²) in [6.45, 7) is 2.82. The van der Waals surface area contributed by atoms with Gasteiger partial charge in [0.1, 0.15) is 18.1 Å². The van der Waals surface area contributed by atoms with Crippen LogP contribution >= 0.6 is 11.3 Å². The second-order valence-electron chi connectivity index (χ2n) is 8.87. The Morgan fingerprint density at radius 3 is 2.72 bits per heavy atom. The van der Waals surface area contributed by atoms with Crippen LogP contribution in [0.4, 0.5) is 0 Å². The first-order valence-electron chi connectivity index (χ1n) is 11.9. The highest BCUT2D eigenvalue weighted by atomic mass is 32.1. The van der Waals surface area contributed by atoms with Crippen LogP contribution < -0.4 is 4.74 Å². The van der Waals surface area contributed by atoms with Gasteiger partial charge in [0.05, 0.1) is 26.0 Å². The highest BCUT2D eigenvalue weighted by molar-refractivity contribution is 7.10. The first kappa shape index (κ1) is 23.9. The minimum Gasteiger partial charge on any atom is -0.497 e. The minimum absolute atomic E-state index is 0.0569. The molecule has 2 amide bonds. The highest BCUT2D eigenvalue weighted by Gasteiger charge is 2.35. The van der Waals surface area contributed by atoms with E-state index in [4.69, 9.17) is 9.15 Å². The number of hydrogen-bond acceptors (Lipinski definition) is 5. The Labute approximate surface area is 214 Å². The topological polar surface area (TPSA) is 63.0 Å². The lowest BCUT2D eigenvalue weighted by Crippen LogP contribution is -2.46. The van der Waals surface area contributed by atoms with Crippen molar-refractivity contribution < 1.29 is 18.7 Å². The number of amides is 2. The van der Waals surface area contributed by atoms with Crippen molar-refractivity contribution in [2.75, 3.05) is 20.2 Å². The van der Waals surface area contributed by atoms with Crippen LogP contribution in [0, 0.1) is 6.92 Å². The summed E-state index contributed by atoms with van der Waals surface area (Å²) < 4.78 is 10.8. The average Bonchev–Trinajstić information content (AvgIpc) is 3.60. The van der Waals surface area contributed by atoms with Gasteiger partial charge in [-0.1, -0.05) is 30.3 Å². The zero-order valence-electron chi connectivity index (χ0n) is 20.3. The van der Waals surface area contributed by atoms with E-state index >= 15 is 0 Å². The maximum absolute atomic E-state index is 13.9. The zero-order chi connectivity index (χ0) is 25.1. The lowest BCUT2D eigenvalue weighted by Gasteiger charge is -2.38. The third kappa shape index (κ3) is 4.79. The van der Waals surface area contributed by atoms with Gasteiger partial charge in [-0.25, -0.2) is 0 Å². The molecule has 0 radical (unpaired) electrons. The molecule has 184 valence electrons. The molecule has 0 N–H and O–H groups in total. The van der Waals surface area contributed by atoms with Gasteiger partial charge in [-0.3, -0.25) is 9.59 Å². The van der Waals surface area contributed by atoms with Crippen LogP contribution in [0.3, 0.4) is 0 Å². The Hall–Kier alpha value is -3.84. The van der Waals surface area contributed by atoms with Crippen molar-refractivity contribution in [3.05, 3.63) is 111 Å². The average molecular weight is 501 g/mol. The van der Waals surface area contributed by atoms with E-state index in [2.05, 4.69) is 30.5 Å². The Morgan fingerprint density at radius 1 is 1.08 bits per heavy atom. The van der Waals surface area contributed by atoms with Gasteiger partial charge in [0, 0.05) is 17.0 Å². The summed E-state index contributed by atoms with van der Waals surface area (Å²) in [5.41, 5.74) is 3.88. The molecule has 1 atom stereocenters. The molecule has 0 fully saturated rings. The maximum atomic E-state index is 13.9. The van der Waals surface area contributed by atoms with Gasteiger partial charge in [-0.15, -0.1) is 11.3 Å². The number of thiophene rings is 1. The van der Waals surface area contributed by atoms with E-state index < -0.39 is 0 Å². The van der Waals surface area contributed by atoms with Gasteiger partial charge in [-0.2, -0.15) is 0 Å². The molecular weight excluding hydrogens is 472 g/mol. The summed E-state index contributed by atoms with van der Waals surface area (Å²) in [4.78, 5) is 32.3. The van der Waals surface area contributed by atoms with Crippen molar-refractivity contribution in [1.82, 2.24) is 9.80 Å². The summed E-state index contributed by atoms with van der Waals surface area (Å²) in [5, 5.41) is 2.10. The fourth-order valence-corrected chi connectivity index (χ4v) is 5.70. The van der Waals surface area contributed by atoms with E-state index in [-0.39, 0.29) is 30.9 Å². The number of furan rings is 1. The number of methoxy groups -OCH3 is 1. The molecule has 6 nitrogen and oxygen atoms in total. The number of hydrogen-bond donors (Lipinski definition) is 0. The molecular formula is C29H28N2O4S. The van der Waals surface area contributed by atoms with Crippen molar-refractivity contribution in [3.63, 3.8) is 0 Å². The van der Waals surface area contributed by atoms with Crippen LogP contribution in [0.5, 0.6) is 5.75 Å². The van der Waals surface area contributed by atoms with Crippen LogP contribution in [-0.4, -0.2) is 41.8 Å². The summed E-state index contributed by atoms with van der Waals surface area (Å²) in [6.07, 6.45) is 2.38. The molecule has 0 bridgehead atoms. The Morgan fingerprint density at radius 2 is 1.94 bits per heavy atom. The molecule has 5 rings (SSSR count). The molecule has 4 aromatic rings. The molecule has 7 heteroatoms. The number of nitrogens with zero attached hydrogens (tertiary/aromatic N) is 2. The van der Waals surface area contributed by atoms with Crippen LogP contribution in [0.25, 0.3) is 0 Å². The smallest absolute Gasteiger partial charge is 0.254 e. The van der Waals surface area contributed by atoms with Gasteiger partial charge >= 0.3 is 0 Å². The van der Waals surface area contributed by atoms with E-state index in [9.17, 15) is 9.59 Å². The molecule has 0 aliphatic carbocycles.